The fourth-order valence-electron chi connectivity index (χ4n) is 0.508. The van der Waals surface area contributed by atoms with Crippen LogP contribution < -0.4 is 0 Å². The monoisotopic (exact) mass is 166 g/mol. The van der Waals surface area contributed by atoms with Gasteiger partial charge >= 0.3 is 8.69 Å². The fourth-order valence-corrected chi connectivity index (χ4v) is 0.716. The summed E-state index contributed by atoms with van der Waals surface area (Å²) in [5.41, 5.74) is 0. The second-order valence-corrected chi connectivity index (χ2v) is 2.29. The highest BCUT2D eigenvalue weighted by atomic mass is 31.1. The lowest BCUT2D eigenvalue weighted by Crippen LogP contribution is -2.28. The van der Waals surface area contributed by atoms with Gasteiger partial charge < -0.3 is 9.84 Å². The van der Waals surface area contributed by atoms with Crippen LogP contribution in [-0.2, 0) is 13.8 Å². The molecule has 0 unspecified atom stereocenters. The minimum Gasteiger partial charge on any atom is -0.391 e. The van der Waals surface area contributed by atoms with Crippen molar-refractivity contribution in [2.75, 3.05) is 13.7 Å². The van der Waals surface area contributed by atoms with Crippen molar-refractivity contribution >= 4 is 8.69 Å². The highest BCUT2D eigenvalue weighted by Gasteiger charge is 2.13. The van der Waals surface area contributed by atoms with E-state index in [1.165, 1.54) is 7.11 Å². The third-order valence-corrected chi connectivity index (χ3v) is 1.39. The van der Waals surface area contributed by atoms with Crippen LogP contribution >= 0.6 is 8.69 Å². The SMILES string of the molecule is CO[C@H](COP=O)[C@@H](C)O. The normalized spacial score (nSPS) is 17.1. The summed E-state index contributed by atoms with van der Waals surface area (Å²) < 4.78 is 19.1. The zero-order valence-corrected chi connectivity index (χ0v) is 6.88. The predicted molar refractivity (Wildman–Crippen MR) is 36.0 cm³/mol. The van der Waals surface area contributed by atoms with E-state index >= 15 is 0 Å². The molecule has 4 nitrogen and oxygen atoms in total. The summed E-state index contributed by atoms with van der Waals surface area (Å²) in [6.07, 6.45) is -1.01. The van der Waals surface area contributed by atoms with E-state index in [2.05, 4.69) is 4.52 Å². The Bertz CT molecular complexity index is 95.6. The Morgan fingerprint density at radius 2 is 2.30 bits per heavy atom. The van der Waals surface area contributed by atoms with Gasteiger partial charge in [0.1, 0.15) is 6.10 Å². The van der Waals surface area contributed by atoms with Crippen molar-refractivity contribution in [3.05, 3.63) is 0 Å². The molecule has 0 heterocycles. The molecule has 5 heteroatoms. The van der Waals surface area contributed by atoms with Crippen LogP contribution in [0.2, 0.25) is 0 Å². The van der Waals surface area contributed by atoms with Crippen LogP contribution in [0, 0.1) is 0 Å². The first kappa shape index (κ1) is 9.98. The number of hydrogen-bond acceptors (Lipinski definition) is 4. The average Bonchev–Trinajstić information content (AvgIpc) is 1.89. The number of rotatable bonds is 5. The summed E-state index contributed by atoms with van der Waals surface area (Å²) in [4.78, 5) is 0. The standard InChI is InChI=1S/C5H11O4P/c1-4(6)5(8-2)3-9-10-7/h4-6H,3H2,1-2H3/t4-,5-/m1/s1. The lowest BCUT2D eigenvalue weighted by molar-refractivity contribution is -0.0246. The summed E-state index contributed by atoms with van der Waals surface area (Å²) >= 11 is 0. The first-order valence-electron chi connectivity index (χ1n) is 2.87. The fraction of sp³-hybridized carbons (Fsp3) is 1.00. The quantitative estimate of drug-likeness (QED) is 0.608. The smallest absolute Gasteiger partial charge is 0.327 e. The maximum atomic E-state index is 9.79. The van der Waals surface area contributed by atoms with Crippen molar-refractivity contribution in [1.82, 2.24) is 0 Å². The van der Waals surface area contributed by atoms with Crippen molar-refractivity contribution in [2.45, 2.75) is 19.1 Å². The van der Waals surface area contributed by atoms with Crippen LogP contribution in [0.15, 0.2) is 0 Å². The van der Waals surface area contributed by atoms with Crippen molar-refractivity contribution in [3.8, 4) is 0 Å². The molecule has 0 aliphatic rings. The molecule has 0 saturated heterocycles. The van der Waals surface area contributed by atoms with Gasteiger partial charge in [0, 0.05) is 7.11 Å². The van der Waals surface area contributed by atoms with Crippen molar-refractivity contribution < 1.29 is 18.9 Å². The van der Waals surface area contributed by atoms with Gasteiger partial charge in [-0.3, -0.25) is 4.52 Å². The molecule has 0 fully saturated rings. The predicted octanol–water partition coefficient (Wildman–Crippen LogP) is 0.605. The molecule has 0 saturated carbocycles. The second-order valence-electron chi connectivity index (χ2n) is 1.89. The highest BCUT2D eigenvalue weighted by Crippen LogP contribution is 2.02. The summed E-state index contributed by atoms with van der Waals surface area (Å²) in [6, 6.07) is 0. The molecule has 2 atom stereocenters. The largest absolute Gasteiger partial charge is 0.391 e. The maximum absolute atomic E-state index is 9.79. The number of aliphatic hydroxyl groups excluding tert-OH is 1. The first-order valence-corrected chi connectivity index (χ1v) is 3.61. The number of hydrogen-bond donors (Lipinski definition) is 1. The topological polar surface area (TPSA) is 55.8 Å². The van der Waals surface area contributed by atoms with Crippen LogP contribution in [0.25, 0.3) is 0 Å². The lowest BCUT2D eigenvalue weighted by atomic mass is 10.2. The van der Waals surface area contributed by atoms with E-state index in [0.717, 1.165) is 0 Å². The van der Waals surface area contributed by atoms with Gasteiger partial charge in [-0.15, -0.1) is 0 Å². The Hall–Kier alpha value is -0.0200. The summed E-state index contributed by atoms with van der Waals surface area (Å²) in [6.45, 7) is 1.72. The molecule has 1 N–H and O–H groups in total. The van der Waals surface area contributed by atoms with E-state index in [1.54, 1.807) is 6.92 Å². The molecule has 0 aromatic carbocycles. The Labute approximate surface area is 61.4 Å². The summed E-state index contributed by atoms with van der Waals surface area (Å²) in [5.74, 6) is 0. The van der Waals surface area contributed by atoms with Gasteiger partial charge in [0.15, 0.2) is 0 Å². The number of ether oxygens (including phenoxy) is 1. The molecular formula is C5H11O4P. The van der Waals surface area contributed by atoms with Crippen molar-refractivity contribution in [2.24, 2.45) is 0 Å². The Kier molecular flexibility index (Phi) is 5.73. The Morgan fingerprint density at radius 3 is 2.60 bits per heavy atom. The third kappa shape index (κ3) is 3.90. The Balaban J connectivity index is 3.49. The molecule has 0 rings (SSSR count). The van der Waals surface area contributed by atoms with Gasteiger partial charge in [0.05, 0.1) is 12.7 Å². The highest BCUT2D eigenvalue weighted by molar-refractivity contribution is 7.17. The van der Waals surface area contributed by atoms with Gasteiger partial charge in [0.2, 0.25) is 0 Å². The Morgan fingerprint density at radius 1 is 1.70 bits per heavy atom. The van der Waals surface area contributed by atoms with Crippen LogP contribution in [0.3, 0.4) is 0 Å². The van der Waals surface area contributed by atoms with Crippen LogP contribution in [0.1, 0.15) is 6.92 Å². The number of aliphatic hydroxyl groups is 1. The van der Waals surface area contributed by atoms with Gasteiger partial charge in [0.25, 0.3) is 0 Å². The molecule has 0 bridgehead atoms. The molecular weight excluding hydrogens is 155 g/mol. The van der Waals surface area contributed by atoms with E-state index in [9.17, 15) is 4.57 Å². The zero-order valence-electron chi connectivity index (χ0n) is 5.98. The average molecular weight is 166 g/mol. The van der Waals surface area contributed by atoms with E-state index in [0.29, 0.717) is 0 Å². The molecule has 0 radical (unpaired) electrons. The lowest BCUT2D eigenvalue weighted by Gasteiger charge is -2.15. The second kappa shape index (κ2) is 5.74. The molecule has 0 amide bonds. The number of methoxy groups -OCH3 is 1. The minimum atomic E-state index is -0.605. The van der Waals surface area contributed by atoms with Gasteiger partial charge in [-0.25, -0.2) is 4.57 Å². The molecule has 0 aliphatic heterocycles. The molecule has 60 valence electrons. The maximum Gasteiger partial charge on any atom is 0.327 e. The molecule has 0 aromatic heterocycles. The minimum absolute atomic E-state index is 0.138. The van der Waals surface area contributed by atoms with Crippen LogP contribution in [0.4, 0.5) is 0 Å². The summed E-state index contributed by atoms with van der Waals surface area (Å²) in [7, 11) is 1.07. The van der Waals surface area contributed by atoms with E-state index in [-0.39, 0.29) is 15.3 Å². The van der Waals surface area contributed by atoms with E-state index in [4.69, 9.17) is 9.84 Å². The molecule has 10 heavy (non-hydrogen) atoms. The third-order valence-electron chi connectivity index (χ3n) is 1.13. The van der Waals surface area contributed by atoms with Gasteiger partial charge in [-0.2, -0.15) is 0 Å². The molecule has 0 spiro atoms. The van der Waals surface area contributed by atoms with Crippen LogP contribution in [0.5, 0.6) is 0 Å². The van der Waals surface area contributed by atoms with Crippen molar-refractivity contribution in [3.63, 3.8) is 0 Å². The summed E-state index contributed by atoms with van der Waals surface area (Å²) in [5, 5.41) is 8.93. The molecule has 0 aromatic rings. The van der Waals surface area contributed by atoms with Crippen LogP contribution in [-0.4, -0.2) is 31.0 Å². The molecule has 0 aliphatic carbocycles. The van der Waals surface area contributed by atoms with Gasteiger partial charge in [-0.1, -0.05) is 0 Å². The van der Waals surface area contributed by atoms with Crippen molar-refractivity contribution in [1.29, 1.82) is 0 Å². The first-order chi connectivity index (χ1) is 4.72. The van der Waals surface area contributed by atoms with E-state index in [1.807, 2.05) is 0 Å². The zero-order chi connectivity index (χ0) is 7.98. The van der Waals surface area contributed by atoms with Gasteiger partial charge in [-0.05, 0) is 6.92 Å². The van der Waals surface area contributed by atoms with E-state index < -0.39 is 12.2 Å².